The van der Waals surface area contributed by atoms with Crippen molar-refractivity contribution in [2.24, 2.45) is 0 Å². The number of nitro groups is 1. The van der Waals surface area contributed by atoms with Crippen LogP contribution in [0.25, 0.3) is 0 Å². The zero-order valence-corrected chi connectivity index (χ0v) is 19.3. The Labute approximate surface area is 176 Å². The molecule has 0 unspecified atom stereocenters. The highest BCUT2D eigenvalue weighted by molar-refractivity contribution is 9.10. The number of rotatable bonds is 13. The third-order valence-electron chi connectivity index (χ3n) is 4.67. The minimum Gasteiger partial charge on any atom is -1.00 e. The summed E-state index contributed by atoms with van der Waals surface area (Å²) >= 11 is 2.93. The second-order valence-electron chi connectivity index (χ2n) is 6.97. The van der Waals surface area contributed by atoms with E-state index >= 15 is 0 Å². The largest absolute Gasteiger partial charge is 1.00 e. The summed E-state index contributed by atoms with van der Waals surface area (Å²) in [5.74, 6) is -0.109. The summed E-state index contributed by atoms with van der Waals surface area (Å²) in [5, 5.41) is 9.93. The first-order valence-corrected chi connectivity index (χ1v) is 10.9. The third-order valence-corrected chi connectivity index (χ3v) is 5.08. The molecule has 0 bridgehead atoms. The molecule has 1 N–H and O–H groups in total. The normalized spacial score (nSPS) is 10.7. The van der Waals surface area contributed by atoms with Crippen LogP contribution in [0.2, 0.25) is 0 Å². The lowest BCUT2D eigenvalue weighted by atomic mass is 10.1. The SMILES string of the molecule is CCCC[N+](CCCC)(CCCC)CCCC.O=[N+]([O-])c1cnc(Br)[nH]1.[B-]. The van der Waals surface area contributed by atoms with Crippen molar-refractivity contribution in [1.82, 2.24) is 9.97 Å². The molecular formula is C19H38BBrN4O2. The molecule has 0 aliphatic carbocycles. The van der Waals surface area contributed by atoms with E-state index in [1.165, 1.54) is 82.0 Å². The van der Waals surface area contributed by atoms with E-state index in [1.807, 2.05) is 0 Å². The fourth-order valence-corrected chi connectivity index (χ4v) is 3.33. The molecule has 0 aromatic carbocycles. The van der Waals surface area contributed by atoms with Gasteiger partial charge in [-0.15, -0.1) is 0 Å². The van der Waals surface area contributed by atoms with Crippen LogP contribution in [0.15, 0.2) is 10.9 Å². The van der Waals surface area contributed by atoms with Crippen molar-refractivity contribution in [1.29, 1.82) is 0 Å². The zero-order valence-electron chi connectivity index (χ0n) is 17.7. The highest BCUT2D eigenvalue weighted by atomic mass is 79.9. The van der Waals surface area contributed by atoms with Crippen LogP contribution in [0.5, 0.6) is 0 Å². The fraction of sp³-hybridized carbons (Fsp3) is 0.842. The number of halogens is 1. The second-order valence-corrected chi connectivity index (χ2v) is 7.72. The van der Waals surface area contributed by atoms with Gasteiger partial charge < -0.3 is 23.0 Å². The quantitative estimate of drug-likeness (QED) is 0.183. The number of H-pyrrole nitrogens is 1. The Kier molecular flexibility index (Phi) is 18.1. The number of hydrogen-bond donors (Lipinski definition) is 1. The standard InChI is InChI=1S/C16H36N.C3H2BrN3O2.B/c1-5-9-13-17(14-10-6-2,15-11-7-3)16-12-8-4;4-3-5-1-2(6-3)7(8)9;/h5-16H2,1-4H3;1H,(H,5,6);/q+1;;-1. The molecule has 1 heterocycles. The van der Waals surface area contributed by atoms with Crippen molar-refractivity contribution in [3.8, 4) is 0 Å². The Morgan fingerprint density at radius 2 is 1.33 bits per heavy atom. The number of quaternary nitrogens is 1. The molecule has 0 atom stereocenters. The predicted molar refractivity (Wildman–Crippen MR) is 118 cm³/mol. The van der Waals surface area contributed by atoms with Crippen LogP contribution in [0.3, 0.4) is 0 Å². The average molecular weight is 445 g/mol. The lowest BCUT2D eigenvalue weighted by Crippen LogP contribution is -2.50. The summed E-state index contributed by atoms with van der Waals surface area (Å²) in [7, 11) is 0. The Hall–Kier alpha value is -0.885. The van der Waals surface area contributed by atoms with Gasteiger partial charge in [0, 0.05) is 15.9 Å². The third kappa shape index (κ3) is 13.0. The maximum Gasteiger partial charge on any atom is 0.341 e. The highest BCUT2D eigenvalue weighted by Crippen LogP contribution is 2.16. The molecule has 0 aliphatic heterocycles. The number of aromatic amines is 1. The molecule has 4 radical (unpaired) electrons. The Morgan fingerprint density at radius 3 is 1.52 bits per heavy atom. The van der Waals surface area contributed by atoms with Crippen molar-refractivity contribution < 1.29 is 9.41 Å². The van der Waals surface area contributed by atoms with Crippen LogP contribution in [-0.2, 0) is 0 Å². The molecule has 0 fully saturated rings. The first-order valence-electron chi connectivity index (χ1n) is 10.1. The van der Waals surface area contributed by atoms with Gasteiger partial charge in [0.1, 0.15) is 6.20 Å². The number of hydrogen-bond acceptors (Lipinski definition) is 3. The molecule has 8 heteroatoms. The lowest BCUT2D eigenvalue weighted by molar-refractivity contribution is -0.929. The Bertz CT molecular complexity index is 449. The van der Waals surface area contributed by atoms with Crippen LogP contribution in [0.1, 0.15) is 79.1 Å². The number of nitrogens with one attached hydrogen (secondary N) is 1. The molecule has 0 saturated heterocycles. The molecule has 1 rings (SSSR count). The van der Waals surface area contributed by atoms with Crippen LogP contribution < -0.4 is 0 Å². The van der Waals surface area contributed by atoms with Crippen LogP contribution in [-0.4, -0.2) is 54.0 Å². The summed E-state index contributed by atoms with van der Waals surface area (Å²) in [6.45, 7) is 15.0. The van der Waals surface area contributed by atoms with E-state index in [2.05, 4.69) is 53.6 Å². The molecule has 6 nitrogen and oxygen atoms in total. The van der Waals surface area contributed by atoms with Gasteiger partial charge in [-0.2, -0.15) is 0 Å². The van der Waals surface area contributed by atoms with Crippen molar-refractivity contribution in [2.75, 3.05) is 26.2 Å². The molecule has 0 amide bonds. The van der Waals surface area contributed by atoms with Gasteiger partial charge in [0.05, 0.1) is 26.2 Å². The molecule has 27 heavy (non-hydrogen) atoms. The maximum atomic E-state index is 9.93. The van der Waals surface area contributed by atoms with Crippen molar-refractivity contribution in [3.63, 3.8) is 0 Å². The van der Waals surface area contributed by atoms with E-state index < -0.39 is 4.92 Å². The van der Waals surface area contributed by atoms with Gasteiger partial charge in [-0.3, -0.25) is 0 Å². The molecule has 1 aromatic heterocycles. The highest BCUT2D eigenvalue weighted by Gasteiger charge is 2.24. The van der Waals surface area contributed by atoms with E-state index in [0.717, 1.165) is 6.20 Å². The smallest absolute Gasteiger partial charge is 0.341 e. The minimum absolute atomic E-state index is 0. The minimum atomic E-state index is -0.544. The van der Waals surface area contributed by atoms with Crippen LogP contribution in [0.4, 0.5) is 5.82 Å². The molecule has 0 aliphatic rings. The summed E-state index contributed by atoms with van der Waals surface area (Å²) in [6.07, 6.45) is 12.2. The molecular weight excluding hydrogens is 407 g/mol. The van der Waals surface area contributed by atoms with E-state index in [1.54, 1.807) is 0 Å². The number of aromatic nitrogens is 2. The Balaban J connectivity index is 0. The lowest BCUT2D eigenvalue weighted by Gasteiger charge is -2.39. The van der Waals surface area contributed by atoms with Gasteiger partial charge >= 0.3 is 5.82 Å². The number of imidazole rings is 1. The van der Waals surface area contributed by atoms with E-state index in [4.69, 9.17) is 0 Å². The number of nitrogens with zero attached hydrogens (tertiary/aromatic N) is 3. The van der Waals surface area contributed by atoms with Crippen LogP contribution in [0, 0.1) is 10.1 Å². The molecule has 0 saturated carbocycles. The Morgan fingerprint density at radius 1 is 0.963 bits per heavy atom. The van der Waals surface area contributed by atoms with E-state index in [-0.39, 0.29) is 14.2 Å². The average Bonchev–Trinajstić information content (AvgIpc) is 3.08. The fourth-order valence-electron chi connectivity index (χ4n) is 3.03. The second kappa shape index (κ2) is 17.2. The number of unbranched alkanes of at least 4 members (excludes halogenated alkanes) is 4. The predicted octanol–water partition coefficient (Wildman–Crippen LogP) is 5.70. The van der Waals surface area contributed by atoms with Crippen LogP contribution >= 0.6 is 15.9 Å². The molecule has 0 spiro atoms. The van der Waals surface area contributed by atoms with Crippen molar-refractivity contribution >= 4 is 30.2 Å². The van der Waals surface area contributed by atoms with Gasteiger partial charge in [-0.05, 0) is 30.6 Å². The van der Waals surface area contributed by atoms with Gasteiger partial charge in [0.15, 0.2) is 0 Å². The molecule has 156 valence electrons. The van der Waals surface area contributed by atoms with Gasteiger partial charge in [0.2, 0.25) is 0 Å². The van der Waals surface area contributed by atoms with Crippen molar-refractivity contribution in [3.05, 3.63) is 21.0 Å². The summed E-state index contributed by atoms with van der Waals surface area (Å²) in [4.78, 5) is 15.3. The summed E-state index contributed by atoms with van der Waals surface area (Å²) < 4.78 is 1.79. The first-order chi connectivity index (χ1) is 12.4. The first kappa shape index (κ1) is 28.3. The van der Waals surface area contributed by atoms with E-state index in [0.29, 0.717) is 4.73 Å². The maximum absolute atomic E-state index is 9.93. The summed E-state index contributed by atoms with van der Waals surface area (Å²) in [6, 6.07) is 0. The van der Waals surface area contributed by atoms with Gasteiger partial charge in [0.25, 0.3) is 4.73 Å². The van der Waals surface area contributed by atoms with Gasteiger partial charge in [-0.25, -0.2) is 9.97 Å². The molecule has 1 aromatic rings. The topological polar surface area (TPSA) is 71.8 Å². The van der Waals surface area contributed by atoms with Gasteiger partial charge in [-0.1, -0.05) is 53.4 Å². The monoisotopic (exact) mass is 444 g/mol. The van der Waals surface area contributed by atoms with Crippen molar-refractivity contribution in [2.45, 2.75) is 79.1 Å². The van der Waals surface area contributed by atoms with E-state index in [9.17, 15) is 10.1 Å². The zero-order chi connectivity index (χ0) is 19.8. The summed E-state index contributed by atoms with van der Waals surface area (Å²) in [5.41, 5.74) is 0.